The number of nitrogens with one attached hydrogen (secondary N) is 2. The Morgan fingerprint density at radius 2 is 1.89 bits per heavy atom. The minimum absolute atomic E-state index is 0.155. The van der Waals surface area contributed by atoms with Crippen molar-refractivity contribution in [3.8, 4) is 0 Å². The summed E-state index contributed by atoms with van der Waals surface area (Å²) in [5.41, 5.74) is 4.36. The van der Waals surface area contributed by atoms with Crippen LogP contribution in [0.2, 0.25) is 0 Å². The van der Waals surface area contributed by atoms with Gasteiger partial charge in [-0.25, -0.2) is 0 Å². The molecule has 1 atom stereocenters. The highest BCUT2D eigenvalue weighted by Crippen LogP contribution is 2.38. The standard InChI is InChI=1S/C27H37N3O4S/c1-5-30(20-11-13-34-14-12-20)25-19(4)22(9-10-24(25)35(33)21-7-6-8-21)26(31)28-16-23-17(2)15-18(3)29-27(23)32/h9-10,15,20-21H,5-8,11-14,16H2,1-4H3,(H,28,31)(H,29,32). The number of pyridine rings is 1. The number of aromatic nitrogens is 1. The van der Waals surface area contributed by atoms with Gasteiger partial charge in [-0.1, -0.05) is 6.42 Å². The molecule has 2 heterocycles. The lowest BCUT2D eigenvalue weighted by Gasteiger charge is -2.38. The van der Waals surface area contributed by atoms with Crippen molar-refractivity contribution < 1.29 is 13.7 Å². The summed E-state index contributed by atoms with van der Waals surface area (Å²) in [6.07, 6.45) is 4.92. The normalized spacial score (nSPS) is 17.6. The summed E-state index contributed by atoms with van der Waals surface area (Å²) in [7, 11) is -1.10. The molecule has 0 spiro atoms. The van der Waals surface area contributed by atoms with Gasteiger partial charge in [0.25, 0.3) is 11.5 Å². The van der Waals surface area contributed by atoms with Gasteiger partial charge < -0.3 is 19.9 Å². The van der Waals surface area contributed by atoms with E-state index in [9.17, 15) is 13.8 Å². The fraction of sp³-hybridized carbons (Fsp3) is 0.556. The average Bonchev–Trinajstić information content (AvgIpc) is 2.79. The van der Waals surface area contributed by atoms with Gasteiger partial charge in [-0.2, -0.15) is 0 Å². The van der Waals surface area contributed by atoms with E-state index in [0.717, 1.165) is 66.1 Å². The van der Waals surface area contributed by atoms with Crippen LogP contribution in [0.3, 0.4) is 0 Å². The summed E-state index contributed by atoms with van der Waals surface area (Å²) in [6.45, 7) is 10.1. The maximum atomic E-state index is 13.5. The molecule has 1 saturated carbocycles. The zero-order valence-electron chi connectivity index (χ0n) is 21.2. The van der Waals surface area contributed by atoms with E-state index >= 15 is 0 Å². The molecule has 1 aliphatic carbocycles. The Hall–Kier alpha value is -2.45. The number of aryl methyl sites for hydroxylation is 2. The molecule has 1 aromatic heterocycles. The predicted octanol–water partition coefficient (Wildman–Crippen LogP) is 3.90. The Labute approximate surface area is 210 Å². The topological polar surface area (TPSA) is 91.5 Å². The molecule has 1 aliphatic heterocycles. The molecule has 2 aromatic rings. The molecule has 0 radical (unpaired) electrons. The quantitative estimate of drug-likeness (QED) is 0.575. The van der Waals surface area contributed by atoms with Crippen molar-refractivity contribution >= 4 is 22.4 Å². The van der Waals surface area contributed by atoms with Crippen molar-refractivity contribution in [2.75, 3.05) is 24.7 Å². The maximum Gasteiger partial charge on any atom is 0.253 e. The SMILES string of the molecule is CCN(c1c(S(=O)C2CCC2)ccc(C(=O)NCc2c(C)cc(C)[nH]c2=O)c1C)C1CCOCC1. The van der Waals surface area contributed by atoms with Crippen LogP contribution in [0.1, 0.15) is 71.8 Å². The summed E-state index contributed by atoms with van der Waals surface area (Å²) in [5.74, 6) is -0.230. The molecular formula is C27H37N3O4S. The van der Waals surface area contributed by atoms with Crippen molar-refractivity contribution in [3.05, 3.63) is 56.5 Å². The minimum atomic E-state index is -1.10. The number of amides is 1. The number of benzene rings is 1. The monoisotopic (exact) mass is 499 g/mol. The van der Waals surface area contributed by atoms with Gasteiger partial charge in [0.15, 0.2) is 0 Å². The van der Waals surface area contributed by atoms with E-state index in [4.69, 9.17) is 4.74 Å². The molecule has 190 valence electrons. The Morgan fingerprint density at radius 1 is 1.17 bits per heavy atom. The summed E-state index contributed by atoms with van der Waals surface area (Å²) in [5, 5.41) is 3.13. The van der Waals surface area contributed by atoms with E-state index in [1.165, 1.54) is 0 Å². The van der Waals surface area contributed by atoms with Crippen LogP contribution in [0.4, 0.5) is 5.69 Å². The van der Waals surface area contributed by atoms with Gasteiger partial charge in [-0.3, -0.25) is 13.8 Å². The van der Waals surface area contributed by atoms with Crippen molar-refractivity contribution in [2.45, 2.75) is 82.5 Å². The zero-order chi connectivity index (χ0) is 25.1. The van der Waals surface area contributed by atoms with Gasteiger partial charge in [0.1, 0.15) is 0 Å². The van der Waals surface area contributed by atoms with Crippen LogP contribution in [0, 0.1) is 20.8 Å². The highest BCUT2D eigenvalue weighted by molar-refractivity contribution is 7.86. The van der Waals surface area contributed by atoms with Crippen LogP contribution < -0.4 is 15.8 Å². The zero-order valence-corrected chi connectivity index (χ0v) is 22.1. The summed E-state index contributed by atoms with van der Waals surface area (Å²) >= 11 is 0. The van der Waals surface area contributed by atoms with Crippen LogP contribution in [0.25, 0.3) is 0 Å². The Bertz CT molecular complexity index is 1170. The molecule has 8 heteroatoms. The van der Waals surface area contributed by atoms with Crippen LogP contribution in [0.15, 0.2) is 27.9 Å². The molecule has 35 heavy (non-hydrogen) atoms. The van der Waals surface area contributed by atoms with Crippen LogP contribution in [0.5, 0.6) is 0 Å². The van der Waals surface area contributed by atoms with E-state index < -0.39 is 10.8 Å². The van der Waals surface area contributed by atoms with E-state index in [1.807, 2.05) is 32.9 Å². The lowest BCUT2D eigenvalue weighted by molar-refractivity contribution is 0.0845. The number of carbonyl (C=O) groups is 1. The van der Waals surface area contributed by atoms with Crippen LogP contribution in [-0.2, 0) is 22.1 Å². The number of hydrogen-bond acceptors (Lipinski definition) is 5. The highest BCUT2D eigenvalue weighted by Gasteiger charge is 2.32. The molecule has 1 saturated heterocycles. The molecule has 1 amide bonds. The van der Waals surface area contributed by atoms with E-state index in [2.05, 4.69) is 22.1 Å². The number of rotatable bonds is 8. The molecule has 7 nitrogen and oxygen atoms in total. The molecule has 4 rings (SSSR count). The van der Waals surface area contributed by atoms with Gasteiger partial charge >= 0.3 is 0 Å². The molecule has 1 aromatic carbocycles. The second kappa shape index (κ2) is 11.1. The third-order valence-electron chi connectivity index (χ3n) is 7.39. The third kappa shape index (κ3) is 5.38. The number of carbonyl (C=O) groups excluding carboxylic acids is 1. The van der Waals surface area contributed by atoms with Crippen molar-refractivity contribution in [1.82, 2.24) is 10.3 Å². The van der Waals surface area contributed by atoms with Crippen molar-refractivity contribution in [3.63, 3.8) is 0 Å². The second-order valence-electron chi connectivity index (χ2n) is 9.69. The molecule has 2 aliphatic rings. The van der Waals surface area contributed by atoms with Crippen molar-refractivity contribution in [1.29, 1.82) is 0 Å². The molecule has 2 fully saturated rings. The fourth-order valence-corrected chi connectivity index (χ4v) is 6.95. The number of ether oxygens (including phenoxy) is 1. The summed E-state index contributed by atoms with van der Waals surface area (Å²) in [4.78, 5) is 31.7. The number of anilines is 1. The number of aromatic amines is 1. The number of H-pyrrole nitrogens is 1. The molecule has 0 bridgehead atoms. The largest absolute Gasteiger partial charge is 0.381 e. The van der Waals surface area contributed by atoms with Gasteiger partial charge in [-0.15, -0.1) is 0 Å². The number of hydrogen-bond donors (Lipinski definition) is 2. The first-order valence-corrected chi connectivity index (χ1v) is 13.9. The Balaban J connectivity index is 1.67. The highest BCUT2D eigenvalue weighted by atomic mass is 32.2. The maximum absolute atomic E-state index is 13.5. The fourth-order valence-electron chi connectivity index (χ4n) is 5.17. The average molecular weight is 500 g/mol. The summed E-state index contributed by atoms with van der Waals surface area (Å²) in [6, 6.07) is 5.88. The first-order chi connectivity index (χ1) is 16.8. The Kier molecular flexibility index (Phi) is 8.12. The number of nitrogens with zero attached hydrogens (tertiary/aromatic N) is 1. The van der Waals surface area contributed by atoms with Crippen LogP contribution >= 0.6 is 0 Å². The van der Waals surface area contributed by atoms with Crippen molar-refractivity contribution in [2.24, 2.45) is 0 Å². The third-order valence-corrected chi connectivity index (χ3v) is 9.23. The van der Waals surface area contributed by atoms with E-state index in [0.29, 0.717) is 24.3 Å². The van der Waals surface area contributed by atoms with E-state index in [-0.39, 0.29) is 29.3 Å². The lowest BCUT2D eigenvalue weighted by Crippen LogP contribution is -2.41. The minimum Gasteiger partial charge on any atom is -0.381 e. The Morgan fingerprint density at radius 3 is 2.49 bits per heavy atom. The van der Waals surface area contributed by atoms with Crippen LogP contribution in [-0.4, -0.2) is 46.2 Å². The van der Waals surface area contributed by atoms with Gasteiger partial charge in [0.2, 0.25) is 0 Å². The smallest absolute Gasteiger partial charge is 0.253 e. The van der Waals surface area contributed by atoms with Gasteiger partial charge in [0, 0.05) is 54.4 Å². The predicted molar refractivity (Wildman–Crippen MR) is 140 cm³/mol. The van der Waals surface area contributed by atoms with E-state index in [1.54, 1.807) is 6.07 Å². The summed E-state index contributed by atoms with van der Waals surface area (Å²) < 4.78 is 19.1. The molecule has 1 unspecified atom stereocenters. The first-order valence-electron chi connectivity index (χ1n) is 12.7. The first kappa shape index (κ1) is 25.6. The lowest BCUT2D eigenvalue weighted by atomic mass is 10.00. The van der Waals surface area contributed by atoms with Gasteiger partial charge in [0.05, 0.1) is 21.4 Å². The van der Waals surface area contributed by atoms with Gasteiger partial charge in [-0.05, 0) is 82.7 Å². The molecular weight excluding hydrogens is 462 g/mol. The second-order valence-corrected chi connectivity index (χ2v) is 11.4. The molecule has 2 N–H and O–H groups in total.